The van der Waals surface area contributed by atoms with E-state index in [1.54, 1.807) is 12.1 Å². The lowest BCUT2D eigenvalue weighted by atomic mass is 9.97. The Labute approximate surface area is 85.8 Å². The predicted octanol–water partition coefficient (Wildman–Crippen LogP) is 2.31. The molecule has 0 bridgehead atoms. The molecule has 1 aromatic rings. The van der Waals surface area contributed by atoms with E-state index in [0.717, 1.165) is 18.4 Å². The van der Waals surface area contributed by atoms with Crippen molar-refractivity contribution in [1.29, 1.82) is 0 Å². The van der Waals surface area contributed by atoms with Gasteiger partial charge < -0.3 is 10.8 Å². The first kappa shape index (κ1) is 11.1. The zero-order chi connectivity index (χ0) is 10.6. The van der Waals surface area contributed by atoms with Gasteiger partial charge in [0.25, 0.3) is 0 Å². The van der Waals surface area contributed by atoms with E-state index >= 15 is 0 Å². The largest absolute Gasteiger partial charge is 0.508 e. The molecule has 0 aromatic heterocycles. The second-order valence-electron chi connectivity index (χ2n) is 4.12. The SMILES string of the molecule is CC(C)C(N)CCc1cccc(O)c1. The van der Waals surface area contributed by atoms with E-state index in [-0.39, 0.29) is 6.04 Å². The fourth-order valence-corrected chi connectivity index (χ4v) is 1.38. The summed E-state index contributed by atoms with van der Waals surface area (Å²) >= 11 is 0. The number of phenolic OH excluding ortho intramolecular Hbond substituents is 1. The molecule has 2 nitrogen and oxygen atoms in total. The van der Waals surface area contributed by atoms with Crippen molar-refractivity contribution in [2.24, 2.45) is 11.7 Å². The van der Waals surface area contributed by atoms with Crippen LogP contribution in [0, 0.1) is 5.92 Å². The summed E-state index contributed by atoms with van der Waals surface area (Å²) < 4.78 is 0. The van der Waals surface area contributed by atoms with Gasteiger partial charge in [-0.1, -0.05) is 26.0 Å². The third-order valence-electron chi connectivity index (χ3n) is 2.53. The first-order chi connectivity index (χ1) is 6.59. The van der Waals surface area contributed by atoms with Crippen molar-refractivity contribution in [2.75, 3.05) is 0 Å². The minimum atomic E-state index is 0.248. The molecule has 0 amide bonds. The van der Waals surface area contributed by atoms with E-state index in [4.69, 9.17) is 5.73 Å². The number of phenols is 1. The third kappa shape index (κ3) is 3.38. The van der Waals surface area contributed by atoms with Crippen molar-refractivity contribution in [3.8, 4) is 5.75 Å². The summed E-state index contributed by atoms with van der Waals surface area (Å²) in [6, 6.07) is 7.62. The van der Waals surface area contributed by atoms with Gasteiger partial charge >= 0.3 is 0 Å². The van der Waals surface area contributed by atoms with Crippen LogP contribution in [0.4, 0.5) is 0 Å². The Kier molecular flexibility index (Phi) is 3.96. The van der Waals surface area contributed by atoms with Gasteiger partial charge in [-0.15, -0.1) is 0 Å². The van der Waals surface area contributed by atoms with Crippen molar-refractivity contribution >= 4 is 0 Å². The van der Waals surface area contributed by atoms with Crippen molar-refractivity contribution in [3.05, 3.63) is 29.8 Å². The first-order valence-electron chi connectivity index (χ1n) is 5.13. The summed E-state index contributed by atoms with van der Waals surface area (Å²) in [7, 11) is 0. The highest BCUT2D eigenvalue weighted by Crippen LogP contribution is 2.14. The summed E-state index contributed by atoms with van der Waals surface area (Å²) in [4.78, 5) is 0. The molecule has 14 heavy (non-hydrogen) atoms. The van der Waals surface area contributed by atoms with Gasteiger partial charge in [-0.3, -0.25) is 0 Å². The quantitative estimate of drug-likeness (QED) is 0.770. The smallest absolute Gasteiger partial charge is 0.115 e. The summed E-state index contributed by atoms with van der Waals surface area (Å²) in [5, 5.41) is 9.26. The Hall–Kier alpha value is -1.02. The number of hydrogen-bond donors (Lipinski definition) is 2. The van der Waals surface area contributed by atoms with Crippen LogP contribution in [-0.2, 0) is 6.42 Å². The molecule has 0 radical (unpaired) electrons. The molecule has 1 rings (SSSR count). The van der Waals surface area contributed by atoms with Gasteiger partial charge in [-0.25, -0.2) is 0 Å². The van der Waals surface area contributed by atoms with Crippen LogP contribution in [0.1, 0.15) is 25.8 Å². The number of aromatic hydroxyl groups is 1. The Bertz CT molecular complexity index is 283. The van der Waals surface area contributed by atoms with Gasteiger partial charge in [0.05, 0.1) is 0 Å². The highest BCUT2D eigenvalue weighted by Gasteiger charge is 2.07. The van der Waals surface area contributed by atoms with Gasteiger partial charge in [-0.2, -0.15) is 0 Å². The molecule has 0 saturated heterocycles. The van der Waals surface area contributed by atoms with E-state index in [1.807, 2.05) is 12.1 Å². The predicted molar refractivity (Wildman–Crippen MR) is 59.2 cm³/mol. The van der Waals surface area contributed by atoms with E-state index in [1.165, 1.54) is 0 Å². The molecule has 0 aliphatic heterocycles. The average Bonchev–Trinajstić information content (AvgIpc) is 2.14. The van der Waals surface area contributed by atoms with Crippen LogP contribution in [0.3, 0.4) is 0 Å². The van der Waals surface area contributed by atoms with Crippen LogP contribution in [0.15, 0.2) is 24.3 Å². The highest BCUT2D eigenvalue weighted by atomic mass is 16.3. The molecule has 1 aromatic carbocycles. The fourth-order valence-electron chi connectivity index (χ4n) is 1.38. The number of rotatable bonds is 4. The highest BCUT2D eigenvalue weighted by molar-refractivity contribution is 5.27. The molecule has 0 spiro atoms. The van der Waals surface area contributed by atoms with Crippen LogP contribution < -0.4 is 5.73 Å². The molecular formula is C12H19NO. The lowest BCUT2D eigenvalue weighted by molar-refractivity contribution is 0.461. The number of hydrogen-bond acceptors (Lipinski definition) is 2. The van der Waals surface area contributed by atoms with Crippen LogP contribution in [0.25, 0.3) is 0 Å². The summed E-state index contributed by atoms with van der Waals surface area (Å²) in [5.41, 5.74) is 7.09. The Morgan fingerprint density at radius 2 is 2.07 bits per heavy atom. The van der Waals surface area contributed by atoms with E-state index < -0.39 is 0 Å². The van der Waals surface area contributed by atoms with Crippen LogP contribution >= 0.6 is 0 Å². The molecular weight excluding hydrogens is 174 g/mol. The van der Waals surface area contributed by atoms with Gasteiger partial charge in [-0.05, 0) is 36.5 Å². The maximum absolute atomic E-state index is 9.26. The van der Waals surface area contributed by atoms with Crippen molar-refractivity contribution in [1.82, 2.24) is 0 Å². The topological polar surface area (TPSA) is 46.2 Å². The molecule has 0 saturated carbocycles. The molecule has 1 atom stereocenters. The Morgan fingerprint density at radius 3 is 2.64 bits per heavy atom. The van der Waals surface area contributed by atoms with Gasteiger partial charge in [0.2, 0.25) is 0 Å². The maximum atomic E-state index is 9.26. The van der Waals surface area contributed by atoms with Gasteiger partial charge in [0.1, 0.15) is 5.75 Å². The fraction of sp³-hybridized carbons (Fsp3) is 0.500. The van der Waals surface area contributed by atoms with Gasteiger partial charge in [0, 0.05) is 6.04 Å². The van der Waals surface area contributed by atoms with Gasteiger partial charge in [0.15, 0.2) is 0 Å². The molecule has 0 heterocycles. The molecule has 0 aliphatic rings. The van der Waals surface area contributed by atoms with E-state index in [9.17, 15) is 5.11 Å². The Morgan fingerprint density at radius 1 is 1.36 bits per heavy atom. The molecule has 1 unspecified atom stereocenters. The lowest BCUT2D eigenvalue weighted by Crippen LogP contribution is -2.26. The second kappa shape index (κ2) is 5.01. The first-order valence-corrected chi connectivity index (χ1v) is 5.13. The third-order valence-corrected chi connectivity index (χ3v) is 2.53. The zero-order valence-corrected chi connectivity index (χ0v) is 8.90. The summed E-state index contributed by atoms with van der Waals surface area (Å²) in [6.07, 6.45) is 1.91. The molecule has 78 valence electrons. The number of nitrogens with two attached hydrogens (primary N) is 1. The number of benzene rings is 1. The minimum absolute atomic E-state index is 0.248. The molecule has 2 heteroatoms. The van der Waals surface area contributed by atoms with Crippen LogP contribution in [0.5, 0.6) is 5.75 Å². The summed E-state index contributed by atoms with van der Waals surface area (Å²) in [6.45, 7) is 4.26. The monoisotopic (exact) mass is 193 g/mol. The average molecular weight is 193 g/mol. The zero-order valence-electron chi connectivity index (χ0n) is 8.90. The second-order valence-corrected chi connectivity index (χ2v) is 4.12. The molecule has 0 aliphatic carbocycles. The standard InChI is InChI=1S/C12H19NO/c1-9(2)12(13)7-6-10-4-3-5-11(14)8-10/h3-5,8-9,12,14H,6-7,13H2,1-2H3. The molecule has 0 fully saturated rings. The minimum Gasteiger partial charge on any atom is -0.508 e. The van der Waals surface area contributed by atoms with Crippen molar-refractivity contribution in [2.45, 2.75) is 32.7 Å². The van der Waals surface area contributed by atoms with E-state index in [2.05, 4.69) is 13.8 Å². The maximum Gasteiger partial charge on any atom is 0.115 e. The molecule has 3 N–H and O–H groups in total. The van der Waals surface area contributed by atoms with Crippen molar-refractivity contribution < 1.29 is 5.11 Å². The Balaban J connectivity index is 2.45. The number of aryl methyl sites for hydroxylation is 1. The lowest BCUT2D eigenvalue weighted by Gasteiger charge is -2.15. The summed E-state index contributed by atoms with van der Waals surface area (Å²) in [5.74, 6) is 0.855. The van der Waals surface area contributed by atoms with Crippen molar-refractivity contribution in [3.63, 3.8) is 0 Å². The van der Waals surface area contributed by atoms with Crippen LogP contribution in [0.2, 0.25) is 0 Å². The normalized spacial score (nSPS) is 13.1. The van der Waals surface area contributed by atoms with E-state index in [0.29, 0.717) is 11.7 Å². The van der Waals surface area contributed by atoms with Crippen LogP contribution in [-0.4, -0.2) is 11.1 Å².